The van der Waals surface area contributed by atoms with E-state index in [1.165, 1.54) is 9.70 Å². The molecule has 0 spiro atoms. The molecule has 3 rings (SSSR count). The van der Waals surface area contributed by atoms with Gasteiger partial charge in [0.15, 0.2) is 0 Å². The third-order valence-corrected chi connectivity index (χ3v) is 5.00. The van der Waals surface area contributed by atoms with Crippen LogP contribution in [0, 0.1) is 6.92 Å². The maximum atomic E-state index is 12.3. The second kappa shape index (κ2) is 10.1. The lowest BCUT2D eigenvalue weighted by Crippen LogP contribution is -2.35. The van der Waals surface area contributed by atoms with E-state index in [1.807, 2.05) is 55.5 Å². The lowest BCUT2D eigenvalue weighted by molar-refractivity contribution is -0.133. The van der Waals surface area contributed by atoms with Crippen LogP contribution in [-0.4, -0.2) is 50.5 Å². The van der Waals surface area contributed by atoms with Crippen molar-refractivity contribution in [1.82, 2.24) is 25.1 Å². The van der Waals surface area contributed by atoms with E-state index in [-0.39, 0.29) is 18.4 Å². The Bertz CT molecular complexity index is 1020. The normalized spacial score (nSPS) is 10.6. The number of aryl methyl sites for hydroxylation is 2. The Morgan fingerprint density at radius 2 is 1.93 bits per heavy atom. The number of anilines is 1. The molecular formula is C21H23BrN6O2. The number of carbonyl (C=O) groups is 2. The van der Waals surface area contributed by atoms with E-state index in [0.717, 1.165) is 21.3 Å². The second-order valence-electron chi connectivity index (χ2n) is 6.94. The summed E-state index contributed by atoms with van der Waals surface area (Å²) in [5.41, 5.74) is 2.57. The quantitative estimate of drug-likeness (QED) is 0.545. The van der Waals surface area contributed by atoms with Gasteiger partial charge in [0, 0.05) is 29.2 Å². The molecule has 0 radical (unpaired) electrons. The summed E-state index contributed by atoms with van der Waals surface area (Å²) in [7, 11) is 1.62. The molecule has 0 fully saturated rings. The number of benzene rings is 2. The summed E-state index contributed by atoms with van der Waals surface area (Å²) in [6.07, 6.45) is 0.852. The van der Waals surface area contributed by atoms with Crippen molar-refractivity contribution in [3.63, 3.8) is 0 Å². The van der Waals surface area contributed by atoms with Crippen LogP contribution in [0.1, 0.15) is 18.4 Å². The second-order valence-corrected chi connectivity index (χ2v) is 7.85. The Kier molecular flexibility index (Phi) is 7.29. The zero-order valence-electron chi connectivity index (χ0n) is 16.9. The molecule has 3 aromatic rings. The van der Waals surface area contributed by atoms with Gasteiger partial charge in [0.25, 0.3) is 0 Å². The van der Waals surface area contributed by atoms with Crippen LogP contribution < -0.4 is 5.32 Å². The first-order chi connectivity index (χ1) is 14.4. The van der Waals surface area contributed by atoms with Gasteiger partial charge in [-0.3, -0.25) is 9.59 Å². The number of carbonyl (C=O) groups excluding carboxylic acids is 2. The van der Waals surface area contributed by atoms with Crippen molar-refractivity contribution in [3.8, 4) is 11.4 Å². The fraction of sp³-hybridized carbons (Fsp3) is 0.286. The molecule has 30 heavy (non-hydrogen) atoms. The van der Waals surface area contributed by atoms with E-state index in [4.69, 9.17) is 0 Å². The van der Waals surface area contributed by atoms with Gasteiger partial charge in [-0.15, -0.1) is 10.2 Å². The molecule has 0 unspecified atom stereocenters. The molecule has 0 aliphatic rings. The van der Waals surface area contributed by atoms with E-state index in [0.29, 0.717) is 25.2 Å². The number of halogens is 1. The minimum atomic E-state index is -0.235. The molecule has 0 atom stereocenters. The number of aromatic nitrogens is 4. The lowest BCUT2D eigenvalue weighted by Gasteiger charge is -2.17. The van der Waals surface area contributed by atoms with E-state index < -0.39 is 0 Å². The van der Waals surface area contributed by atoms with Crippen LogP contribution in [0.4, 0.5) is 5.69 Å². The monoisotopic (exact) mass is 470 g/mol. The number of likely N-dealkylation sites (N-methyl/N-ethyl adjacent to an activating group) is 1. The van der Waals surface area contributed by atoms with Gasteiger partial charge in [0.2, 0.25) is 17.6 Å². The van der Waals surface area contributed by atoms with E-state index in [9.17, 15) is 9.59 Å². The van der Waals surface area contributed by atoms with E-state index in [1.54, 1.807) is 7.05 Å². The molecule has 1 aromatic heterocycles. The molecule has 0 aliphatic heterocycles. The molecular weight excluding hydrogens is 448 g/mol. The largest absolute Gasteiger partial charge is 0.336 e. The van der Waals surface area contributed by atoms with Crippen molar-refractivity contribution in [2.75, 3.05) is 18.9 Å². The maximum Gasteiger partial charge on any atom is 0.243 e. The first-order valence-electron chi connectivity index (χ1n) is 9.55. The predicted molar refractivity (Wildman–Crippen MR) is 118 cm³/mol. The zero-order valence-corrected chi connectivity index (χ0v) is 18.5. The maximum absolute atomic E-state index is 12.3. The number of nitrogens with zero attached hydrogens (tertiary/aromatic N) is 5. The molecule has 156 valence electrons. The Morgan fingerprint density at radius 3 is 2.67 bits per heavy atom. The molecule has 1 heterocycles. The smallest absolute Gasteiger partial charge is 0.243 e. The highest BCUT2D eigenvalue weighted by Crippen LogP contribution is 2.20. The minimum Gasteiger partial charge on any atom is -0.336 e. The highest BCUT2D eigenvalue weighted by molar-refractivity contribution is 9.10. The van der Waals surface area contributed by atoms with Crippen molar-refractivity contribution in [3.05, 3.63) is 58.6 Å². The third-order valence-electron chi connectivity index (χ3n) is 4.50. The minimum absolute atomic E-state index is 0.00588. The zero-order chi connectivity index (χ0) is 21.5. The van der Waals surface area contributed by atoms with Crippen molar-refractivity contribution in [2.45, 2.75) is 26.3 Å². The first kappa shape index (κ1) is 21.6. The van der Waals surface area contributed by atoms with E-state index >= 15 is 0 Å². The van der Waals surface area contributed by atoms with Gasteiger partial charge >= 0.3 is 0 Å². The van der Waals surface area contributed by atoms with Crippen molar-refractivity contribution in [1.29, 1.82) is 0 Å². The van der Waals surface area contributed by atoms with Gasteiger partial charge in [-0.2, -0.15) is 4.80 Å². The Labute approximate surface area is 183 Å². The molecule has 0 saturated heterocycles. The van der Waals surface area contributed by atoms with Gasteiger partial charge in [0.1, 0.15) is 0 Å². The molecule has 9 heteroatoms. The average molecular weight is 471 g/mol. The summed E-state index contributed by atoms with van der Waals surface area (Å²) in [6.45, 7) is 2.38. The van der Waals surface area contributed by atoms with Crippen LogP contribution in [0.15, 0.2) is 53.0 Å². The number of rotatable bonds is 8. The molecule has 0 bridgehead atoms. The number of amides is 2. The van der Waals surface area contributed by atoms with Gasteiger partial charge in [0.05, 0.1) is 13.1 Å². The summed E-state index contributed by atoms with van der Waals surface area (Å²) in [5, 5.41) is 15.2. The Balaban J connectivity index is 1.43. The standard InChI is InChI=1S/C21H23BrN6O2/c1-15-13-17(22)10-11-18(15)23-19(29)14-27(2)20(30)9-6-12-28-25-21(24-26-28)16-7-4-3-5-8-16/h3-5,7-8,10-11,13H,6,9,12,14H2,1-2H3,(H,23,29). The van der Waals surface area contributed by atoms with E-state index in [2.05, 4.69) is 36.7 Å². The first-order valence-corrected chi connectivity index (χ1v) is 10.3. The Morgan fingerprint density at radius 1 is 1.17 bits per heavy atom. The topological polar surface area (TPSA) is 93.0 Å². The summed E-state index contributed by atoms with van der Waals surface area (Å²) >= 11 is 3.40. The fourth-order valence-corrected chi connectivity index (χ4v) is 3.34. The predicted octanol–water partition coefficient (Wildman–Crippen LogP) is 3.29. The van der Waals surface area contributed by atoms with Crippen LogP contribution in [0.25, 0.3) is 11.4 Å². The number of hydrogen-bond donors (Lipinski definition) is 1. The highest BCUT2D eigenvalue weighted by atomic mass is 79.9. The van der Waals surface area contributed by atoms with Crippen molar-refractivity contribution < 1.29 is 9.59 Å². The molecule has 2 aromatic carbocycles. The van der Waals surface area contributed by atoms with Gasteiger partial charge in [-0.05, 0) is 42.3 Å². The average Bonchev–Trinajstić information content (AvgIpc) is 3.19. The van der Waals surface area contributed by atoms with Gasteiger partial charge < -0.3 is 10.2 Å². The molecule has 8 nitrogen and oxygen atoms in total. The van der Waals surface area contributed by atoms with Crippen molar-refractivity contribution in [2.24, 2.45) is 0 Å². The van der Waals surface area contributed by atoms with Crippen LogP contribution in [0.3, 0.4) is 0 Å². The lowest BCUT2D eigenvalue weighted by atomic mass is 10.2. The number of nitrogens with one attached hydrogen (secondary N) is 1. The highest BCUT2D eigenvalue weighted by Gasteiger charge is 2.14. The molecule has 0 saturated carbocycles. The molecule has 0 aliphatic carbocycles. The van der Waals surface area contributed by atoms with Crippen molar-refractivity contribution >= 4 is 33.4 Å². The summed E-state index contributed by atoms with van der Waals surface area (Å²) < 4.78 is 0.947. The molecule has 2 amide bonds. The summed E-state index contributed by atoms with van der Waals surface area (Å²) in [5.74, 6) is 0.210. The van der Waals surface area contributed by atoms with Crippen LogP contribution in [0.5, 0.6) is 0 Å². The van der Waals surface area contributed by atoms with Crippen LogP contribution in [0.2, 0.25) is 0 Å². The number of hydrogen-bond acceptors (Lipinski definition) is 5. The molecule has 1 N–H and O–H groups in total. The third kappa shape index (κ3) is 5.96. The van der Waals surface area contributed by atoms with Gasteiger partial charge in [-0.1, -0.05) is 46.3 Å². The summed E-state index contributed by atoms with van der Waals surface area (Å²) in [6, 6.07) is 15.2. The van der Waals surface area contributed by atoms with Gasteiger partial charge in [-0.25, -0.2) is 0 Å². The van der Waals surface area contributed by atoms with Crippen LogP contribution >= 0.6 is 15.9 Å². The summed E-state index contributed by atoms with van der Waals surface area (Å²) in [4.78, 5) is 27.5. The number of tetrazole rings is 1. The Hall–Kier alpha value is -3.07. The van der Waals surface area contributed by atoms with Crippen LogP contribution in [-0.2, 0) is 16.1 Å². The SMILES string of the molecule is Cc1cc(Br)ccc1NC(=O)CN(C)C(=O)CCCn1nnc(-c2ccccc2)n1. The fourth-order valence-electron chi connectivity index (χ4n) is 2.86.